The molecule has 0 bridgehead atoms. The van der Waals surface area contributed by atoms with Gasteiger partial charge in [-0.15, -0.1) is 0 Å². The summed E-state index contributed by atoms with van der Waals surface area (Å²) in [4.78, 5) is 11.4. The van der Waals surface area contributed by atoms with Crippen LogP contribution in [0.4, 0.5) is 0 Å². The Labute approximate surface area is 113 Å². The van der Waals surface area contributed by atoms with Gasteiger partial charge in [-0.05, 0) is 43.0 Å². The highest BCUT2D eigenvalue weighted by molar-refractivity contribution is 5.81. The van der Waals surface area contributed by atoms with Crippen molar-refractivity contribution in [1.82, 2.24) is 5.32 Å². The largest absolute Gasteiger partial charge is 0.496 e. The molecule has 19 heavy (non-hydrogen) atoms. The molecule has 1 aromatic carbocycles. The van der Waals surface area contributed by atoms with Gasteiger partial charge in [-0.25, -0.2) is 0 Å². The Bertz CT molecular complexity index is 447. The van der Waals surface area contributed by atoms with Crippen LogP contribution in [-0.2, 0) is 11.2 Å². The van der Waals surface area contributed by atoms with Crippen molar-refractivity contribution < 1.29 is 14.6 Å². The summed E-state index contributed by atoms with van der Waals surface area (Å²) < 4.78 is 5.26. The topological polar surface area (TPSA) is 84.6 Å². The fraction of sp³-hybridized carbons (Fsp3) is 0.500. The normalized spacial score (nSPS) is 12.1. The minimum atomic E-state index is -0.848. The third-order valence-corrected chi connectivity index (χ3v) is 3.08. The molecule has 0 spiro atoms. The van der Waals surface area contributed by atoms with Crippen molar-refractivity contribution in [2.24, 2.45) is 5.73 Å². The van der Waals surface area contributed by atoms with Crippen LogP contribution in [-0.4, -0.2) is 37.3 Å². The molecule has 0 heterocycles. The van der Waals surface area contributed by atoms with Crippen LogP contribution in [0.15, 0.2) is 12.1 Å². The highest BCUT2D eigenvalue weighted by Gasteiger charge is 2.11. The van der Waals surface area contributed by atoms with Gasteiger partial charge in [0.15, 0.2) is 0 Å². The van der Waals surface area contributed by atoms with E-state index in [2.05, 4.69) is 11.4 Å². The molecule has 0 aromatic heterocycles. The number of amides is 1. The number of rotatable bonds is 6. The maximum Gasteiger partial charge on any atom is 0.239 e. The number of aliphatic hydroxyl groups excluding tert-OH is 1. The van der Waals surface area contributed by atoms with E-state index in [1.165, 1.54) is 0 Å². The first-order chi connectivity index (χ1) is 8.99. The quantitative estimate of drug-likeness (QED) is 0.691. The van der Waals surface area contributed by atoms with Gasteiger partial charge in [-0.3, -0.25) is 4.79 Å². The molecule has 1 rings (SSSR count). The van der Waals surface area contributed by atoms with E-state index in [1.54, 1.807) is 7.11 Å². The predicted molar refractivity (Wildman–Crippen MR) is 74.2 cm³/mol. The first-order valence-corrected chi connectivity index (χ1v) is 6.27. The van der Waals surface area contributed by atoms with Crippen molar-refractivity contribution in [2.75, 3.05) is 20.3 Å². The number of carbonyl (C=O) groups is 1. The van der Waals surface area contributed by atoms with Gasteiger partial charge in [0, 0.05) is 6.54 Å². The van der Waals surface area contributed by atoms with Gasteiger partial charge in [0.25, 0.3) is 0 Å². The second kappa shape index (κ2) is 7.11. The molecule has 0 aliphatic carbocycles. The van der Waals surface area contributed by atoms with Gasteiger partial charge < -0.3 is 20.9 Å². The monoisotopic (exact) mass is 266 g/mol. The van der Waals surface area contributed by atoms with Crippen LogP contribution in [0.3, 0.4) is 0 Å². The molecule has 0 aliphatic heterocycles. The predicted octanol–water partition coefficient (Wildman–Crippen LogP) is 0.290. The van der Waals surface area contributed by atoms with Gasteiger partial charge >= 0.3 is 0 Å². The molecule has 5 nitrogen and oxygen atoms in total. The summed E-state index contributed by atoms with van der Waals surface area (Å²) in [5, 5.41) is 11.5. The Morgan fingerprint density at radius 2 is 2.11 bits per heavy atom. The van der Waals surface area contributed by atoms with Gasteiger partial charge in [0.05, 0.1) is 13.7 Å². The molecule has 4 N–H and O–H groups in total. The van der Waals surface area contributed by atoms with Gasteiger partial charge in [-0.1, -0.05) is 6.07 Å². The minimum Gasteiger partial charge on any atom is -0.496 e. The minimum absolute atomic E-state index is 0.328. The molecule has 0 radical (unpaired) electrons. The Morgan fingerprint density at radius 3 is 2.68 bits per heavy atom. The third kappa shape index (κ3) is 4.22. The lowest BCUT2D eigenvalue weighted by Crippen LogP contribution is -2.43. The summed E-state index contributed by atoms with van der Waals surface area (Å²) in [5.74, 6) is 0.540. The summed E-state index contributed by atoms with van der Waals surface area (Å²) in [6.45, 7) is 4.16. The Balaban J connectivity index is 2.59. The summed E-state index contributed by atoms with van der Waals surface area (Å²) in [7, 11) is 1.65. The zero-order chi connectivity index (χ0) is 14.4. The van der Waals surface area contributed by atoms with E-state index < -0.39 is 6.04 Å². The van der Waals surface area contributed by atoms with E-state index in [1.807, 2.05) is 19.9 Å². The molecular formula is C14H22N2O3. The van der Waals surface area contributed by atoms with Crippen molar-refractivity contribution in [3.8, 4) is 5.75 Å². The van der Waals surface area contributed by atoms with E-state index in [4.69, 9.17) is 15.6 Å². The van der Waals surface area contributed by atoms with E-state index in [-0.39, 0.29) is 12.5 Å². The van der Waals surface area contributed by atoms with Gasteiger partial charge in [-0.2, -0.15) is 0 Å². The number of aryl methyl sites for hydroxylation is 2. The zero-order valence-electron chi connectivity index (χ0n) is 11.7. The molecule has 1 amide bonds. The average Bonchev–Trinajstić information content (AvgIpc) is 2.40. The number of aliphatic hydroxyl groups is 1. The Hall–Kier alpha value is -1.59. The van der Waals surface area contributed by atoms with Crippen molar-refractivity contribution >= 4 is 5.91 Å². The SMILES string of the molecule is COc1cc(C)c(CCNC(=O)C(N)CO)cc1C. The number of hydrogen-bond donors (Lipinski definition) is 3. The number of ether oxygens (including phenoxy) is 1. The van der Waals surface area contributed by atoms with Crippen LogP contribution in [0, 0.1) is 13.8 Å². The fourth-order valence-electron chi connectivity index (χ4n) is 1.87. The molecule has 0 aliphatic rings. The summed E-state index contributed by atoms with van der Waals surface area (Å²) in [5.41, 5.74) is 8.77. The van der Waals surface area contributed by atoms with Crippen LogP contribution in [0.1, 0.15) is 16.7 Å². The van der Waals surface area contributed by atoms with Crippen LogP contribution in [0.5, 0.6) is 5.75 Å². The number of nitrogens with one attached hydrogen (secondary N) is 1. The highest BCUT2D eigenvalue weighted by Crippen LogP contribution is 2.22. The van der Waals surface area contributed by atoms with E-state index in [9.17, 15) is 4.79 Å². The van der Waals surface area contributed by atoms with Crippen LogP contribution < -0.4 is 15.8 Å². The molecular weight excluding hydrogens is 244 g/mol. The second-order valence-corrected chi connectivity index (χ2v) is 4.58. The van der Waals surface area contributed by atoms with Crippen molar-refractivity contribution in [3.05, 3.63) is 28.8 Å². The summed E-state index contributed by atoms with van der Waals surface area (Å²) in [6, 6.07) is 3.21. The number of nitrogens with two attached hydrogens (primary N) is 1. The Kier molecular flexibility index (Phi) is 5.79. The Morgan fingerprint density at radius 1 is 1.42 bits per heavy atom. The van der Waals surface area contributed by atoms with E-state index in [0.717, 1.165) is 28.9 Å². The van der Waals surface area contributed by atoms with Gasteiger partial charge in [0.2, 0.25) is 5.91 Å². The first kappa shape index (κ1) is 15.5. The maximum atomic E-state index is 11.4. The van der Waals surface area contributed by atoms with Crippen molar-refractivity contribution in [2.45, 2.75) is 26.3 Å². The number of carbonyl (C=O) groups excluding carboxylic acids is 1. The average molecular weight is 266 g/mol. The molecule has 0 saturated heterocycles. The van der Waals surface area contributed by atoms with Crippen molar-refractivity contribution in [3.63, 3.8) is 0 Å². The summed E-state index contributed by atoms with van der Waals surface area (Å²) in [6.07, 6.45) is 0.723. The third-order valence-electron chi connectivity index (χ3n) is 3.08. The van der Waals surface area contributed by atoms with Crippen molar-refractivity contribution in [1.29, 1.82) is 0 Å². The molecule has 1 unspecified atom stereocenters. The van der Waals surface area contributed by atoms with Gasteiger partial charge in [0.1, 0.15) is 11.8 Å². The maximum absolute atomic E-state index is 11.4. The van der Waals surface area contributed by atoms with Crippen LogP contribution in [0.2, 0.25) is 0 Å². The lowest BCUT2D eigenvalue weighted by molar-refractivity contribution is -0.123. The molecule has 5 heteroatoms. The summed E-state index contributed by atoms with van der Waals surface area (Å²) >= 11 is 0. The molecule has 0 fully saturated rings. The molecule has 106 valence electrons. The smallest absolute Gasteiger partial charge is 0.239 e. The number of benzene rings is 1. The number of methoxy groups -OCH3 is 1. The second-order valence-electron chi connectivity index (χ2n) is 4.58. The number of hydrogen-bond acceptors (Lipinski definition) is 4. The lowest BCUT2D eigenvalue weighted by atomic mass is 10.0. The zero-order valence-corrected chi connectivity index (χ0v) is 11.7. The fourth-order valence-corrected chi connectivity index (χ4v) is 1.87. The highest BCUT2D eigenvalue weighted by atomic mass is 16.5. The van der Waals surface area contributed by atoms with E-state index >= 15 is 0 Å². The standard InChI is InChI=1S/C14H22N2O3/c1-9-7-13(19-3)10(2)6-11(9)4-5-16-14(18)12(15)8-17/h6-7,12,17H,4-5,8,15H2,1-3H3,(H,16,18). The van der Waals surface area contributed by atoms with E-state index in [0.29, 0.717) is 6.54 Å². The molecule has 0 saturated carbocycles. The lowest BCUT2D eigenvalue weighted by Gasteiger charge is -2.13. The van der Waals surface area contributed by atoms with Crippen LogP contribution >= 0.6 is 0 Å². The molecule has 1 aromatic rings. The molecule has 1 atom stereocenters. The first-order valence-electron chi connectivity index (χ1n) is 6.27. The van der Waals surface area contributed by atoms with Crippen LogP contribution in [0.25, 0.3) is 0 Å².